The van der Waals surface area contributed by atoms with E-state index >= 15 is 0 Å². The number of rotatable bonds is 9. The summed E-state index contributed by atoms with van der Waals surface area (Å²) in [5, 5.41) is 4.23. The summed E-state index contributed by atoms with van der Waals surface area (Å²) in [5.41, 5.74) is 3.49. The third-order valence-electron chi connectivity index (χ3n) is 6.43. The van der Waals surface area contributed by atoms with Gasteiger partial charge < -0.3 is 14.5 Å². The fourth-order valence-electron chi connectivity index (χ4n) is 4.63. The molecule has 0 spiro atoms. The topological polar surface area (TPSA) is 71.4 Å². The van der Waals surface area contributed by atoms with Crippen LogP contribution in [0.25, 0.3) is 0 Å². The molecular weight excluding hydrogens is 442 g/mol. The number of methoxy groups -OCH3 is 1. The van der Waals surface area contributed by atoms with E-state index in [1.54, 1.807) is 29.2 Å². The standard InChI is InChI=1S/C28H33N3O4/c1-21(29-35-19-9-18-30-16-7-4-8-17-30)20-25-26(22-10-5-3-6-11-22)31(27(25)32)24-14-12-23(13-15-24)28(33)34-2/h3,5-6,10-15,20,26H,4,7-9,16-19H2,1-2H3/b25-20+,29-21?. The van der Waals surface area contributed by atoms with Crippen LogP contribution in [0.1, 0.15) is 54.6 Å². The van der Waals surface area contributed by atoms with Crippen molar-refractivity contribution in [2.45, 2.75) is 38.6 Å². The van der Waals surface area contributed by atoms with Gasteiger partial charge in [0.1, 0.15) is 6.61 Å². The Labute approximate surface area is 207 Å². The van der Waals surface area contributed by atoms with Crippen LogP contribution in [0.3, 0.4) is 0 Å². The van der Waals surface area contributed by atoms with E-state index in [4.69, 9.17) is 9.57 Å². The second-order valence-electron chi connectivity index (χ2n) is 8.95. The predicted octanol–water partition coefficient (Wildman–Crippen LogP) is 4.76. The van der Waals surface area contributed by atoms with Gasteiger partial charge in [-0.2, -0.15) is 0 Å². The van der Waals surface area contributed by atoms with Crippen LogP contribution >= 0.6 is 0 Å². The minimum atomic E-state index is -0.408. The number of likely N-dealkylation sites (tertiary alicyclic amines) is 1. The molecule has 0 aromatic heterocycles. The number of piperidine rings is 1. The molecule has 0 N–H and O–H groups in total. The van der Waals surface area contributed by atoms with Gasteiger partial charge in [-0.25, -0.2) is 4.79 Å². The normalized spacial score (nSPS) is 20.0. The van der Waals surface area contributed by atoms with Crippen molar-refractivity contribution in [1.29, 1.82) is 0 Å². The first-order chi connectivity index (χ1) is 17.1. The molecule has 2 aliphatic heterocycles. The summed E-state index contributed by atoms with van der Waals surface area (Å²) < 4.78 is 4.77. The Morgan fingerprint density at radius 2 is 1.77 bits per heavy atom. The molecule has 2 aromatic rings. The van der Waals surface area contributed by atoms with Crippen LogP contribution in [0.4, 0.5) is 5.69 Å². The summed E-state index contributed by atoms with van der Waals surface area (Å²) in [6.45, 7) is 5.80. The van der Waals surface area contributed by atoms with Crippen LogP contribution < -0.4 is 4.90 Å². The molecule has 35 heavy (non-hydrogen) atoms. The summed E-state index contributed by atoms with van der Waals surface area (Å²) in [6, 6.07) is 16.5. The molecule has 2 heterocycles. The van der Waals surface area contributed by atoms with Gasteiger partial charge in [-0.1, -0.05) is 41.9 Å². The lowest BCUT2D eigenvalue weighted by atomic mass is 9.86. The Hall–Kier alpha value is -3.45. The van der Waals surface area contributed by atoms with Crippen molar-refractivity contribution < 1.29 is 19.2 Å². The Balaban J connectivity index is 1.43. The molecule has 1 unspecified atom stereocenters. The molecule has 2 fully saturated rings. The number of anilines is 1. The largest absolute Gasteiger partial charge is 0.465 e. The van der Waals surface area contributed by atoms with Gasteiger partial charge in [0, 0.05) is 17.8 Å². The zero-order valence-corrected chi connectivity index (χ0v) is 20.5. The maximum Gasteiger partial charge on any atom is 0.337 e. The highest BCUT2D eigenvalue weighted by atomic mass is 16.6. The van der Waals surface area contributed by atoms with Crippen molar-refractivity contribution in [3.05, 3.63) is 77.4 Å². The molecule has 0 radical (unpaired) electrons. The monoisotopic (exact) mass is 475 g/mol. The molecule has 2 saturated heterocycles. The number of benzene rings is 2. The average molecular weight is 476 g/mol. The number of hydrogen-bond donors (Lipinski definition) is 0. The molecule has 0 bridgehead atoms. The average Bonchev–Trinajstić information content (AvgIpc) is 2.90. The van der Waals surface area contributed by atoms with Crippen molar-refractivity contribution >= 4 is 23.3 Å². The van der Waals surface area contributed by atoms with Gasteiger partial charge in [0.05, 0.1) is 24.4 Å². The zero-order chi connectivity index (χ0) is 24.6. The first kappa shape index (κ1) is 24.7. The van der Waals surface area contributed by atoms with Crippen molar-refractivity contribution in [3.8, 4) is 0 Å². The van der Waals surface area contributed by atoms with E-state index in [1.807, 2.05) is 43.3 Å². The summed E-state index contributed by atoms with van der Waals surface area (Å²) in [6.07, 6.45) is 6.66. The fourth-order valence-corrected chi connectivity index (χ4v) is 4.63. The molecular formula is C28H33N3O4. The molecule has 2 aliphatic rings. The number of esters is 1. The van der Waals surface area contributed by atoms with Crippen LogP contribution in [0.2, 0.25) is 0 Å². The van der Waals surface area contributed by atoms with E-state index < -0.39 is 5.97 Å². The van der Waals surface area contributed by atoms with Gasteiger partial charge in [0.25, 0.3) is 5.91 Å². The highest BCUT2D eigenvalue weighted by molar-refractivity contribution is 6.18. The molecule has 1 atom stereocenters. The van der Waals surface area contributed by atoms with Gasteiger partial charge in [-0.3, -0.25) is 9.69 Å². The van der Waals surface area contributed by atoms with E-state index in [-0.39, 0.29) is 11.9 Å². The van der Waals surface area contributed by atoms with Gasteiger partial charge in [0.2, 0.25) is 0 Å². The molecule has 7 heteroatoms. The van der Waals surface area contributed by atoms with E-state index in [0.29, 0.717) is 23.5 Å². The smallest absolute Gasteiger partial charge is 0.337 e. The van der Waals surface area contributed by atoms with Gasteiger partial charge >= 0.3 is 5.97 Å². The number of β-lactam (4-membered cyclic amide) rings is 1. The number of allylic oxidation sites excluding steroid dienone is 1. The Morgan fingerprint density at radius 3 is 2.46 bits per heavy atom. The highest BCUT2D eigenvalue weighted by Gasteiger charge is 2.43. The molecule has 184 valence electrons. The van der Waals surface area contributed by atoms with Crippen LogP contribution in [0.15, 0.2) is 71.4 Å². The molecule has 0 aliphatic carbocycles. The minimum Gasteiger partial charge on any atom is -0.465 e. The number of hydrogen-bond acceptors (Lipinski definition) is 6. The van der Waals surface area contributed by atoms with Crippen molar-refractivity contribution in [1.82, 2.24) is 4.90 Å². The molecule has 2 aromatic carbocycles. The number of oxime groups is 1. The van der Waals surface area contributed by atoms with Crippen molar-refractivity contribution in [2.75, 3.05) is 38.3 Å². The second-order valence-corrected chi connectivity index (χ2v) is 8.95. The number of ether oxygens (including phenoxy) is 1. The fraction of sp³-hybridized carbons (Fsp3) is 0.393. The second kappa shape index (κ2) is 11.8. The first-order valence-corrected chi connectivity index (χ1v) is 12.3. The number of amides is 1. The molecule has 4 rings (SSSR count). The maximum absolute atomic E-state index is 13.2. The minimum absolute atomic E-state index is 0.0932. The summed E-state index contributed by atoms with van der Waals surface area (Å²) >= 11 is 0. The first-order valence-electron chi connectivity index (χ1n) is 12.3. The van der Waals surface area contributed by atoms with Gasteiger partial charge in [-0.15, -0.1) is 0 Å². The Bertz CT molecular complexity index is 1070. The quantitative estimate of drug-likeness (QED) is 0.131. The van der Waals surface area contributed by atoms with E-state index in [0.717, 1.165) is 24.2 Å². The summed E-state index contributed by atoms with van der Waals surface area (Å²) in [7, 11) is 1.35. The molecule has 0 saturated carbocycles. The zero-order valence-electron chi connectivity index (χ0n) is 20.5. The van der Waals surface area contributed by atoms with Crippen molar-refractivity contribution in [2.24, 2.45) is 5.16 Å². The van der Waals surface area contributed by atoms with E-state index in [9.17, 15) is 9.59 Å². The summed E-state index contributed by atoms with van der Waals surface area (Å²) in [5.74, 6) is -0.501. The Morgan fingerprint density at radius 1 is 1.06 bits per heavy atom. The van der Waals surface area contributed by atoms with Gasteiger partial charge in [0.15, 0.2) is 0 Å². The van der Waals surface area contributed by atoms with E-state index in [2.05, 4.69) is 10.1 Å². The van der Waals surface area contributed by atoms with Crippen molar-refractivity contribution in [3.63, 3.8) is 0 Å². The third-order valence-corrected chi connectivity index (χ3v) is 6.43. The molecule has 7 nitrogen and oxygen atoms in total. The van der Waals surface area contributed by atoms with Crippen LogP contribution in [-0.2, 0) is 14.4 Å². The number of carbonyl (C=O) groups is 2. The van der Waals surface area contributed by atoms with E-state index in [1.165, 1.54) is 39.5 Å². The predicted molar refractivity (Wildman–Crippen MR) is 137 cm³/mol. The van der Waals surface area contributed by atoms with Crippen LogP contribution in [0.5, 0.6) is 0 Å². The van der Waals surface area contributed by atoms with Crippen LogP contribution in [-0.4, -0.2) is 55.8 Å². The lowest BCUT2D eigenvalue weighted by Gasteiger charge is -2.43. The third kappa shape index (κ3) is 5.98. The molecule has 1 amide bonds. The number of nitrogens with zero attached hydrogens (tertiary/aromatic N) is 3. The number of carbonyl (C=O) groups excluding carboxylic acids is 2. The maximum atomic E-state index is 13.2. The van der Waals surface area contributed by atoms with Gasteiger partial charge in [-0.05, 0) is 75.2 Å². The SMILES string of the molecule is COC(=O)c1ccc(N2C(=O)/C(=C/C(C)=NOCCCN3CCCCC3)C2c2ccccc2)cc1. The Kier molecular flexibility index (Phi) is 8.32. The van der Waals surface area contributed by atoms with Crippen LogP contribution in [0, 0.1) is 0 Å². The summed E-state index contributed by atoms with van der Waals surface area (Å²) in [4.78, 5) is 34.7. The highest BCUT2D eigenvalue weighted by Crippen LogP contribution is 2.43. The lowest BCUT2D eigenvalue weighted by molar-refractivity contribution is -0.119. The lowest BCUT2D eigenvalue weighted by Crippen LogP contribution is -2.49.